The summed E-state index contributed by atoms with van der Waals surface area (Å²) >= 11 is 6.21. The molecular formula is C19H19ClO5. The monoisotopic (exact) mass is 362 g/mol. The van der Waals surface area contributed by atoms with Gasteiger partial charge in [0.15, 0.2) is 6.61 Å². The highest BCUT2D eigenvalue weighted by molar-refractivity contribution is 6.30. The van der Waals surface area contributed by atoms with Crippen LogP contribution < -0.4 is 14.2 Å². The van der Waals surface area contributed by atoms with Gasteiger partial charge in [-0.05, 0) is 55.8 Å². The number of fused-ring (bicyclic) bond motifs is 1. The van der Waals surface area contributed by atoms with Crippen LogP contribution in [0, 0.1) is 0 Å². The first-order chi connectivity index (χ1) is 11.8. The number of rotatable bonds is 6. The van der Waals surface area contributed by atoms with Crippen LogP contribution in [0.1, 0.15) is 25.0 Å². The lowest BCUT2D eigenvalue weighted by molar-refractivity contribution is -0.139. The Bertz CT molecular complexity index is 783. The molecule has 25 heavy (non-hydrogen) atoms. The summed E-state index contributed by atoms with van der Waals surface area (Å²) in [5.74, 6) is 0.950. The van der Waals surface area contributed by atoms with Crippen LogP contribution in [0.15, 0.2) is 36.4 Å². The molecule has 0 fully saturated rings. The molecule has 0 unspecified atom stereocenters. The van der Waals surface area contributed by atoms with Crippen molar-refractivity contribution in [2.45, 2.75) is 32.5 Å². The molecule has 1 N–H and O–H groups in total. The maximum Gasteiger partial charge on any atom is 0.341 e. The molecule has 0 atom stereocenters. The second kappa shape index (κ2) is 6.84. The lowest BCUT2D eigenvalue weighted by atomic mass is 10.0. The Hall–Kier alpha value is -2.40. The fourth-order valence-corrected chi connectivity index (χ4v) is 3.05. The smallest absolute Gasteiger partial charge is 0.341 e. The van der Waals surface area contributed by atoms with Crippen LogP contribution in [0.5, 0.6) is 17.2 Å². The average Bonchev–Trinajstić information content (AvgIpc) is 2.85. The molecule has 0 bridgehead atoms. The van der Waals surface area contributed by atoms with Crippen molar-refractivity contribution in [1.29, 1.82) is 0 Å². The molecule has 2 aromatic rings. The van der Waals surface area contributed by atoms with Crippen LogP contribution in [0.3, 0.4) is 0 Å². The first kappa shape index (κ1) is 17.4. The van der Waals surface area contributed by atoms with Crippen LogP contribution in [-0.4, -0.2) is 23.3 Å². The molecule has 1 aliphatic heterocycles. The number of carboxylic acid groups (broad SMARTS) is 1. The molecule has 0 spiro atoms. The van der Waals surface area contributed by atoms with Crippen LogP contribution in [0.25, 0.3) is 0 Å². The number of halogens is 1. The van der Waals surface area contributed by atoms with Crippen molar-refractivity contribution in [3.8, 4) is 17.2 Å². The van der Waals surface area contributed by atoms with Crippen LogP contribution >= 0.6 is 11.6 Å². The molecule has 0 radical (unpaired) electrons. The van der Waals surface area contributed by atoms with Gasteiger partial charge in [-0.3, -0.25) is 0 Å². The van der Waals surface area contributed by atoms with Gasteiger partial charge in [-0.2, -0.15) is 0 Å². The highest BCUT2D eigenvalue weighted by Gasteiger charge is 2.32. The van der Waals surface area contributed by atoms with Gasteiger partial charge in [0.05, 0.1) is 0 Å². The van der Waals surface area contributed by atoms with Gasteiger partial charge in [0.2, 0.25) is 0 Å². The number of aliphatic carboxylic acids is 1. The van der Waals surface area contributed by atoms with E-state index in [9.17, 15) is 4.79 Å². The van der Waals surface area contributed by atoms with Crippen LogP contribution in [0.2, 0.25) is 5.02 Å². The summed E-state index contributed by atoms with van der Waals surface area (Å²) < 4.78 is 16.9. The SMILES string of the molecule is CC1(C)Cc2cc(Cl)cc(COc3ccc(OCC(=O)O)cc3)c2O1. The predicted molar refractivity (Wildman–Crippen MR) is 93.8 cm³/mol. The zero-order valence-electron chi connectivity index (χ0n) is 14.0. The van der Waals surface area contributed by atoms with Crippen molar-refractivity contribution in [3.05, 3.63) is 52.5 Å². The fraction of sp³-hybridized carbons (Fsp3) is 0.316. The summed E-state index contributed by atoms with van der Waals surface area (Å²) in [5.41, 5.74) is 1.75. The van der Waals surface area contributed by atoms with Gasteiger partial charge >= 0.3 is 5.97 Å². The molecule has 0 amide bonds. The summed E-state index contributed by atoms with van der Waals surface area (Å²) in [6.07, 6.45) is 0.811. The number of benzene rings is 2. The standard InChI is InChI=1S/C19H19ClO5/c1-19(2)9-12-7-14(20)8-13(18(12)25-19)10-23-15-3-5-16(6-4-15)24-11-17(21)22/h3-8H,9-11H2,1-2H3,(H,21,22). The molecular weight excluding hydrogens is 344 g/mol. The third-order valence-corrected chi connectivity index (χ3v) is 4.00. The van der Waals surface area contributed by atoms with Crippen molar-refractivity contribution in [2.24, 2.45) is 0 Å². The van der Waals surface area contributed by atoms with Gasteiger partial charge in [-0.15, -0.1) is 0 Å². The lowest BCUT2D eigenvalue weighted by Gasteiger charge is -2.18. The van der Waals surface area contributed by atoms with Crippen molar-refractivity contribution in [1.82, 2.24) is 0 Å². The van der Waals surface area contributed by atoms with Gasteiger partial charge in [-0.1, -0.05) is 11.6 Å². The normalized spacial score (nSPS) is 14.5. The topological polar surface area (TPSA) is 65.0 Å². The lowest BCUT2D eigenvalue weighted by Crippen LogP contribution is -2.25. The number of carbonyl (C=O) groups is 1. The third kappa shape index (κ3) is 4.37. The number of hydrogen-bond acceptors (Lipinski definition) is 4. The Balaban J connectivity index is 1.67. The Kier molecular flexibility index (Phi) is 4.77. The molecule has 3 rings (SSSR count). The van der Waals surface area contributed by atoms with Crippen molar-refractivity contribution in [3.63, 3.8) is 0 Å². The summed E-state index contributed by atoms with van der Waals surface area (Å²) in [6, 6.07) is 10.6. The molecule has 0 saturated carbocycles. The Morgan fingerprint density at radius 2 is 1.84 bits per heavy atom. The molecule has 5 nitrogen and oxygen atoms in total. The zero-order chi connectivity index (χ0) is 18.0. The van der Waals surface area contributed by atoms with Gasteiger partial charge in [-0.25, -0.2) is 4.79 Å². The van der Waals surface area contributed by atoms with Crippen molar-refractivity contribution < 1.29 is 24.1 Å². The van der Waals surface area contributed by atoms with E-state index in [1.54, 1.807) is 24.3 Å². The molecule has 0 aromatic heterocycles. The largest absolute Gasteiger partial charge is 0.489 e. The summed E-state index contributed by atoms with van der Waals surface area (Å²) in [5, 5.41) is 9.27. The number of ether oxygens (including phenoxy) is 3. The minimum Gasteiger partial charge on any atom is -0.489 e. The highest BCUT2D eigenvalue weighted by Crippen LogP contribution is 2.40. The van der Waals surface area contributed by atoms with Crippen LogP contribution in [-0.2, 0) is 17.8 Å². The Morgan fingerprint density at radius 3 is 2.48 bits per heavy atom. The molecule has 132 valence electrons. The number of carboxylic acids is 1. The predicted octanol–water partition coefficient (Wildman–Crippen LogP) is 4.10. The molecule has 2 aromatic carbocycles. The summed E-state index contributed by atoms with van der Waals surface area (Å²) in [4.78, 5) is 10.5. The quantitative estimate of drug-likeness (QED) is 0.838. The highest BCUT2D eigenvalue weighted by atomic mass is 35.5. The van der Waals surface area contributed by atoms with Gasteiger partial charge in [0, 0.05) is 17.0 Å². The van der Waals surface area contributed by atoms with E-state index in [1.165, 1.54) is 0 Å². The van der Waals surface area contributed by atoms with Gasteiger partial charge < -0.3 is 19.3 Å². The Labute approximate surface area is 151 Å². The van der Waals surface area contributed by atoms with E-state index in [4.69, 9.17) is 30.9 Å². The second-order valence-corrected chi connectivity index (χ2v) is 6.97. The van der Waals surface area contributed by atoms with E-state index in [1.807, 2.05) is 26.0 Å². The van der Waals surface area contributed by atoms with Crippen LogP contribution in [0.4, 0.5) is 0 Å². The van der Waals surface area contributed by atoms with E-state index in [2.05, 4.69) is 0 Å². The summed E-state index contributed by atoms with van der Waals surface area (Å²) in [7, 11) is 0. The van der Waals surface area contributed by atoms with Crippen molar-refractivity contribution in [2.75, 3.05) is 6.61 Å². The Morgan fingerprint density at radius 1 is 1.20 bits per heavy atom. The molecule has 0 aliphatic carbocycles. The average molecular weight is 363 g/mol. The molecule has 0 saturated heterocycles. The summed E-state index contributed by atoms with van der Waals surface area (Å²) in [6.45, 7) is 4.04. The molecule has 1 aliphatic rings. The van der Waals surface area contributed by atoms with E-state index in [0.717, 1.165) is 23.3 Å². The third-order valence-electron chi connectivity index (χ3n) is 3.78. The first-order valence-corrected chi connectivity index (χ1v) is 8.28. The van der Waals surface area contributed by atoms with Gasteiger partial charge in [0.25, 0.3) is 0 Å². The van der Waals surface area contributed by atoms with Gasteiger partial charge in [0.1, 0.15) is 29.5 Å². The fourth-order valence-electron chi connectivity index (χ4n) is 2.79. The maximum atomic E-state index is 10.5. The minimum absolute atomic E-state index is 0.245. The second-order valence-electron chi connectivity index (χ2n) is 6.53. The minimum atomic E-state index is -1.02. The molecule has 6 heteroatoms. The van der Waals surface area contributed by atoms with E-state index in [0.29, 0.717) is 23.1 Å². The maximum absolute atomic E-state index is 10.5. The van der Waals surface area contributed by atoms with E-state index >= 15 is 0 Å². The van der Waals surface area contributed by atoms with E-state index < -0.39 is 5.97 Å². The molecule has 1 heterocycles. The number of hydrogen-bond donors (Lipinski definition) is 1. The zero-order valence-corrected chi connectivity index (χ0v) is 14.8. The van der Waals surface area contributed by atoms with Crippen molar-refractivity contribution >= 4 is 17.6 Å². The van der Waals surface area contributed by atoms with E-state index in [-0.39, 0.29) is 12.2 Å². The first-order valence-electron chi connectivity index (χ1n) is 7.90.